The molecule has 27 heavy (non-hydrogen) atoms. The molecule has 0 saturated carbocycles. The van der Waals surface area contributed by atoms with Crippen LogP contribution in [0.5, 0.6) is 0 Å². The molecule has 1 aromatic carbocycles. The molecule has 3 atom stereocenters. The van der Waals surface area contributed by atoms with E-state index < -0.39 is 18.1 Å². The monoisotopic (exact) mass is 378 g/mol. The molecule has 0 radical (unpaired) electrons. The van der Waals surface area contributed by atoms with Crippen LogP contribution < -0.4 is 5.32 Å². The van der Waals surface area contributed by atoms with E-state index in [9.17, 15) is 14.7 Å². The summed E-state index contributed by atoms with van der Waals surface area (Å²) in [5.74, 6) is -1.12. The van der Waals surface area contributed by atoms with E-state index in [1.807, 2.05) is 25.1 Å². The first-order valence-electron chi connectivity index (χ1n) is 9.60. The fourth-order valence-corrected chi connectivity index (χ4v) is 3.37. The Hall–Kier alpha value is -1.96. The van der Waals surface area contributed by atoms with E-state index in [0.29, 0.717) is 26.2 Å². The smallest absolute Gasteiger partial charge is 0.326 e. The number of carboxylic acids is 1. The van der Waals surface area contributed by atoms with E-state index in [4.69, 9.17) is 9.78 Å². The number of nitrogens with zero attached hydrogens (tertiary/aromatic N) is 1. The zero-order valence-electron chi connectivity index (χ0n) is 16.1. The highest BCUT2D eigenvalue weighted by atomic mass is 17.2. The summed E-state index contributed by atoms with van der Waals surface area (Å²) in [5.41, 5.74) is 1.21. The van der Waals surface area contributed by atoms with Crippen LogP contribution in [0.3, 0.4) is 0 Å². The fraction of sp³-hybridized carbons (Fsp3) is 0.600. The first kappa shape index (κ1) is 21.3. The average Bonchev–Trinajstić information content (AvgIpc) is 3.16. The van der Waals surface area contributed by atoms with Gasteiger partial charge in [0.25, 0.3) is 0 Å². The number of aliphatic carboxylic acids is 1. The van der Waals surface area contributed by atoms with Crippen LogP contribution in [0.1, 0.15) is 38.7 Å². The number of carboxylic acid groups (broad SMARTS) is 1. The van der Waals surface area contributed by atoms with Crippen LogP contribution in [0, 0.1) is 0 Å². The van der Waals surface area contributed by atoms with Crippen molar-refractivity contribution < 1.29 is 24.5 Å². The van der Waals surface area contributed by atoms with Gasteiger partial charge < -0.3 is 15.3 Å². The summed E-state index contributed by atoms with van der Waals surface area (Å²) in [6.07, 6.45) is 2.85. The summed E-state index contributed by atoms with van der Waals surface area (Å²) < 4.78 is 0. The van der Waals surface area contributed by atoms with Crippen molar-refractivity contribution in [1.29, 1.82) is 0 Å². The zero-order chi connectivity index (χ0) is 19.6. The molecule has 150 valence electrons. The third-order valence-electron chi connectivity index (χ3n) is 4.77. The van der Waals surface area contributed by atoms with Gasteiger partial charge in [-0.15, -0.1) is 0 Å². The Bertz CT molecular complexity index is 595. The molecule has 2 N–H and O–H groups in total. The third kappa shape index (κ3) is 6.61. The van der Waals surface area contributed by atoms with Crippen LogP contribution in [-0.2, 0) is 25.8 Å². The molecule has 1 amide bonds. The Morgan fingerprint density at radius 3 is 2.70 bits per heavy atom. The Balaban J connectivity index is 1.93. The van der Waals surface area contributed by atoms with Crippen LogP contribution in [0.4, 0.5) is 0 Å². The molecule has 0 bridgehead atoms. The van der Waals surface area contributed by atoms with Crippen LogP contribution in [-0.4, -0.2) is 59.8 Å². The van der Waals surface area contributed by atoms with Crippen LogP contribution >= 0.6 is 0 Å². The third-order valence-corrected chi connectivity index (χ3v) is 4.77. The van der Waals surface area contributed by atoms with Gasteiger partial charge in [-0.25, -0.2) is 14.6 Å². The molecule has 0 aliphatic carbocycles. The van der Waals surface area contributed by atoms with Crippen molar-refractivity contribution in [2.75, 3.05) is 19.8 Å². The molecule has 1 fully saturated rings. The molecule has 1 heterocycles. The van der Waals surface area contributed by atoms with E-state index in [2.05, 4.69) is 17.4 Å². The molecule has 1 aromatic rings. The maximum absolute atomic E-state index is 12.7. The van der Waals surface area contributed by atoms with Crippen molar-refractivity contribution in [3.8, 4) is 0 Å². The van der Waals surface area contributed by atoms with E-state index in [-0.39, 0.29) is 11.9 Å². The number of hydrogen-bond donors (Lipinski definition) is 2. The van der Waals surface area contributed by atoms with Gasteiger partial charge in [0.05, 0.1) is 19.3 Å². The molecule has 7 nitrogen and oxygen atoms in total. The van der Waals surface area contributed by atoms with Crippen molar-refractivity contribution in [3.05, 3.63) is 35.9 Å². The maximum atomic E-state index is 12.7. The summed E-state index contributed by atoms with van der Waals surface area (Å²) in [6.45, 7) is 4.88. The van der Waals surface area contributed by atoms with Crippen molar-refractivity contribution >= 4 is 11.9 Å². The molecule has 2 rings (SSSR count). The lowest BCUT2D eigenvalue weighted by Crippen LogP contribution is -2.52. The van der Waals surface area contributed by atoms with Gasteiger partial charge in [0.2, 0.25) is 5.91 Å². The van der Waals surface area contributed by atoms with Crippen LogP contribution in [0.15, 0.2) is 30.3 Å². The first-order valence-corrected chi connectivity index (χ1v) is 9.60. The highest BCUT2D eigenvalue weighted by molar-refractivity contribution is 5.87. The second-order valence-corrected chi connectivity index (χ2v) is 6.83. The summed E-state index contributed by atoms with van der Waals surface area (Å²) in [5, 5.41) is 12.6. The van der Waals surface area contributed by atoms with Gasteiger partial charge in [-0.05, 0) is 45.1 Å². The molecule has 1 aliphatic rings. The molecule has 0 unspecified atom stereocenters. The van der Waals surface area contributed by atoms with Crippen molar-refractivity contribution in [2.45, 2.75) is 57.7 Å². The molecule has 0 spiro atoms. The lowest BCUT2D eigenvalue weighted by atomic mass is 10.0. The van der Waals surface area contributed by atoms with Gasteiger partial charge in [-0.2, -0.15) is 0 Å². The highest BCUT2D eigenvalue weighted by Gasteiger charge is 2.36. The largest absolute Gasteiger partial charge is 0.480 e. The predicted octanol–water partition coefficient (Wildman–Crippen LogP) is 2.01. The number of carbonyl (C=O) groups excluding carboxylic acids is 1. The van der Waals surface area contributed by atoms with E-state index in [1.54, 1.807) is 6.92 Å². The number of carbonyl (C=O) groups is 2. The van der Waals surface area contributed by atoms with Crippen LogP contribution in [0.25, 0.3) is 0 Å². The minimum atomic E-state index is -0.937. The van der Waals surface area contributed by atoms with Crippen molar-refractivity contribution in [3.63, 3.8) is 0 Å². The number of rotatable bonds is 11. The summed E-state index contributed by atoms with van der Waals surface area (Å²) in [7, 11) is 0. The van der Waals surface area contributed by atoms with Gasteiger partial charge in [0.1, 0.15) is 6.04 Å². The van der Waals surface area contributed by atoms with Crippen molar-refractivity contribution in [1.82, 2.24) is 10.2 Å². The fourth-order valence-electron chi connectivity index (χ4n) is 3.37. The minimum absolute atomic E-state index is 0.0819. The average molecular weight is 378 g/mol. The molecule has 1 aliphatic heterocycles. The Morgan fingerprint density at radius 1 is 1.30 bits per heavy atom. The predicted molar refractivity (Wildman–Crippen MR) is 101 cm³/mol. The number of aryl methyl sites for hydroxylation is 1. The normalized spacial score (nSPS) is 19.0. The lowest BCUT2D eigenvalue weighted by molar-refractivity contribution is -0.294. The molecule has 0 aromatic heterocycles. The number of hydrogen-bond acceptors (Lipinski definition) is 5. The highest BCUT2D eigenvalue weighted by Crippen LogP contribution is 2.18. The standard InChI is InChI=1S/C20H30N2O5/c1-3-26-27-14-17(12-11-16-8-5-4-6-9-16)21-15(2)19(23)22-13-7-10-18(22)20(24)25/h4-6,8-9,15,17-18,21H,3,7,10-14H2,1-2H3,(H,24,25)/t15-,17-,18-/m0/s1. The minimum Gasteiger partial charge on any atom is -0.480 e. The lowest BCUT2D eigenvalue weighted by Gasteiger charge is -2.28. The van der Waals surface area contributed by atoms with E-state index >= 15 is 0 Å². The number of nitrogens with one attached hydrogen (secondary N) is 1. The second kappa shape index (κ2) is 11.0. The van der Waals surface area contributed by atoms with Gasteiger partial charge >= 0.3 is 5.97 Å². The van der Waals surface area contributed by atoms with E-state index in [1.165, 1.54) is 10.5 Å². The zero-order valence-corrected chi connectivity index (χ0v) is 16.1. The molecular weight excluding hydrogens is 348 g/mol. The van der Waals surface area contributed by atoms with Crippen molar-refractivity contribution in [2.24, 2.45) is 0 Å². The molecular formula is C20H30N2O5. The van der Waals surface area contributed by atoms with Gasteiger partial charge in [-0.1, -0.05) is 30.3 Å². The van der Waals surface area contributed by atoms with E-state index in [0.717, 1.165) is 19.3 Å². The SMILES string of the molecule is CCOOC[C@H](CCc1ccccc1)N[C@@H](C)C(=O)N1CCC[C@H]1C(=O)O. The number of likely N-dealkylation sites (tertiary alicyclic amines) is 1. The quantitative estimate of drug-likeness (QED) is 0.348. The Kier molecular flexibility index (Phi) is 8.71. The molecule has 7 heteroatoms. The first-order chi connectivity index (χ1) is 13.0. The van der Waals surface area contributed by atoms with Gasteiger partial charge in [0.15, 0.2) is 0 Å². The van der Waals surface area contributed by atoms with Gasteiger partial charge in [0, 0.05) is 12.6 Å². The summed E-state index contributed by atoms with van der Waals surface area (Å²) in [4.78, 5) is 35.8. The maximum Gasteiger partial charge on any atom is 0.326 e. The Labute approximate surface area is 160 Å². The summed E-state index contributed by atoms with van der Waals surface area (Å²) >= 11 is 0. The Morgan fingerprint density at radius 2 is 2.04 bits per heavy atom. The number of benzene rings is 1. The van der Waals surface area contributed by atoms with Crippen LogP contribution in [0.2, 0.25) is 0 Å². The molecule has 1 saturated heterocycles. The second-order valence-electron chi connectivity index (χ2n) is 6.83. The number of amides is 1. The summed E-state index contributed by atoms with van der Waals surface area (Å²) in [6, 6.07) is 8.82. The topological polar surface area (TPSA) is 88.1 Å². The van der Waals surface area contributed by atoms with Gasteiger partial charge in [-0.3, -0.25) is 4.79 Å².